The van der Waals surface area contributed by atoms with Gasteiger partial charge >= 0.3 is 0 Å². The van der Waals surface area contributed by atoms with Crippen molar-refractivity contribution in [2.45, 2.75) is 19.4 Å². The lowest BCUT2D eigenvalue weighted by atomic mass is 9.96. The molecule has 3 rings (SSSR count). The first-order valence-corrected chi connectivity index (χ1v) is 8.33. The van der Waals surface area contributed by atoms with E-state index in [0.29, 0.717) is 0 Å². The van der Waals surface area contributed by atoms with Gasteiger partial charge in [0.05, 0.1) is 6.61 Å². The van der Waals surface area contributed by atoms with Crippen LogP contribution < -0.4 is 0 Å². The molecule has 120 valence electrons. The molecule has 1 aliphatic heterocycles. The number of β-amino-alcohol motifs (C(OH)–C–C–N with tert-alkyl or cyclic N) is 1. The van der Waals surface area contributed by atoms with Crippen LogP contribution in [0.3, 0.4) is 0 Å². The summed E-state index contributed by atoms with van der Waals surface area (Å²) in [6, 6.07) is 8.67. The van der Waals surface area contributed by atoms with Crippen molar-refractivity contribution in [3.05, 3.63) is 36.0 Å². The van der Waals surface area contributed by atoms with Gasteiger partial charge in [-0.05, 0) is 56.6 Å². The first kappa shape index (κ1) is 15.5. The summed E-state index contributed by atoms with van der Waals surface area (Å²) in [7, 11) is 2.23. The molecule has 0 atom stereocenters. The summed E-state index contributed by atoms with van der Waals surface area (Å²) in [5, 5.41) is 10.4. The molecule has 0 spiro atoms. The van der Waals surface area contributed by atoms with E-state index in [0.717, 1.165) is 38.6 Å². The van der Waals surface area contributed by atoms with Gasteiger partial charge in [0.1, 0.15) is 0 Å². The number of hydrogen-bond acceptors (Lipinski definition) is 3. The van der Waals surface area contributed by atoms with Gasteiger partial charge in [-0.15, -0.1) is 0 Å². The summed E-state index contributed by atoms with van der Waals surface area (Å²) in [5.74, 6) is 0.783. The van der Waals surface area contributed by atoms with Gasteiger partial charge in [0, 0.05) is 36.7 Å². The van der Waals surface area contributed by atoms with Gasteiger partial charge in [-0.1, -0.05) is 12.1 Å². The quantitative estimate of drug-likeness (QED) is 0.860. The number of aliphatic hydroxyl groups excluding tert-OH is 1. The fraction of sp³-hybridized carbons (Fsp3) is 0.556. The van der Waals surface area contributed by atoms with E-state index in [-0.39, 0.29) is 6.61 Å². The normalized spacial score (nSPS) is 17.6. The molecule has 4 heteroatoms. The van der Waals surface area contributed by atoms with Crippen molar-refractivity contribution in [3.63, 3.8) is 0 Å². The lowest BCUT2D eigenvalue weighted by molar-refractivity contribution is 0.129. The van der Waals surface area contributed by atoms with Crippen LogP contribution in [0.2, 0.25) is 0 Å². The lowest BCUT2D eigenvalue weighted by Gasteiger charge is -2.33. The molecule has 1 aromatic carbocycles. The molecule has 0 aliphatic carbocycles. The van der Waals surface area contributed by atoms with E-state index in [1.807, 2.05) is 6.20 Å². The first-order valence-electron chi connectivity index (χ1n) is 8.33. The second kappa shape index (κ2) is 7.27. The molecule has 0 amide bonds. The molecule has 1 aliphatic rings. The summed E-state index contributed by atoms with van der Waals surface area (Å²) in [4.78, 5) is 8.11. The zero-order valence-electron chi connectivity index (χ0n) is 13.5. The molecule has 2 N–H and O–H groups in total. The number of benzene rings is 1. The largest absolute Gasteiger partial charge is 0.395 e. The number of nitrogens with one attached hydrogen (secondary N) is 1. The van der Waals surface area contributed by atoms with Gasteiger partial charge < -0.3 is 19.9 Å². The van der Waals surface area contributed by atoms with Crippen LogP contribution >= 0.6 is 0 Å². The number of fused-ring (bicyclic) bond motifs is 1. The van der Waals surface area contributed by atoms with Crippen LogP contribution in [-0.4, -0.2) is 59.7 Å². The number of aromatic amines is 1. The number of rotatable bonds is 6. The monoisotopic (exact) mass is 301 g/mol. The van der Waals surface area contributed by atoms with Gasteiger partial charge in [-0.3, -0.25) is 0 Å². The highest BCUT2D eigenvalue weighted by Crippen LogP contribution is 2.21. The number of nitrogens with zero attached hydrogens (tertiary/aromatic N) is 2. The average Bonchev–Trinajstić information content (AvgIpc) is 2.99. The third-order valence-corrected chi connectivity index (χ3v) is 4.82. The highest BCUT2D eigenvalue weighted by atomic mass is 16.3. The first-order chi connectivity index (χ1) is 10.8. The van der Waals surface area contributed by atoms with Crippen molar-refractivity contribution in [2.24, 2.45) is 5.92 Å². The Morgan fingerprint density at radius 2 is 2.09 bits per heavy atom. The molecule has 2 aromatic rings. The standard InChI is InChI=1S/C18H27N3O/c1-20(13-15-6-9-21(10-7-15)11-12-22)14-16-3-2-4-18-17(16)5-8-19-18/h2-5,8,15,19,22H,6-7,9-14H2,1H3. The van der Waals surface area contributed by atoms with Gasteiger partial charge in [0.25, 0.3) is 0 Å². The average molecular weight is 301 g/mol. The minimum absolute atomic E-state index is 0.283. The predicted molar refractivity (Wildman–Crippen MR) is 90.9 cm³/mol. The zero-order chi connectivity index (χ0) is 15.4. The number of H-pyrrole nitrogens is 1. The number of aromatic nitrogens is 1. The van der Waals surface area contributed by atoms with E-state index in [1.165, 1.54) is 29.3 Å². The Hall–Kier alpha value is -1.36. The van der Waals surface area contributed by atoms with E-state index in [2.05, 4.69) is 46.1 Å². The van der Waals surface area contributed by atoms with Crippen LogP contribution in [0.15, 0.2) is 30.5 Å². The smallest absolute Gasteiger partial charge is 0.0558 e. The molecule has 0 bridgehead atoms. The highest BCUT2D eigenvalue weighted by molar-refractivity contribution is 5.82. The van der Waals surface area contributed by atoms with E-state index in [9.17, 15) is 0 Å². The van der Waals surface area contributed by atoms with E-state index >= 15 is 0 Å². The number of aliphatic hydroxyl groups is 1. The zero-order valence-corrected chi connectivity index (χ0v) is 13.5. The number of likely N-dealkylation sites (tertiary alicyclic amines) is 1. The van der Waals surface area contributed by atoms with Crippen molar-refractivity contribution in [2.75, 3.05) is 39.8 Å². The molecule has 0 unspecified atom stereocenters. The number of hydrogen-bond donors (Lipinski definition) is 2. The Balaban J connectivity index is 1.53. The fourth-order valence-corrected chi connectivity index (χ4v) is 3.62. The van der Waals surface area contributed by atoms with Crippen LogP contribution in [0.1, 0.15) is 18.4 Å². The summed E-state index contributed by atoms with van der Waals surface area (Å²) >= 11 is 0. The van der Waals surface area contributed by atoms with E-state index in [1.54, 1.807) is 0 Å². The third-order valence-electron chi connectivity index (χ3n) is 4.82. The SMILES string of the molecule is CN(Cc1cccc2[nH]ccc12)CC1CCN(CCO)CC1. The Bertz CT molecular complexity index is 587. The molecule has 22 heavy (non-hydrogen) atoms. The van der Waals surface area contributed by atoms with Crippen LogP contribution in [-0.2, 0) is 6.54 Å². The van der Waals surface area contributed by atoms with Gasteiger partial charge in [0.15, 0.2) is 0 Å². The van der Waals surface area contributed by atoms with Crippen molar-refractivity contribution in [3.8, 4) is 0 Å². The van der Waals surface area contributed by atoms with Crippen LogP contribution in [0.5, 0.6) is 0 Å². The molecule has 0 radical (unpaired) electrons. The maximum absolute atomic E-state index is 9.01. The lowest BCUT2D eigenvalue weighted by Crippen LogP contribution is -2.38. The molecule has 2 heterocycles. The van der Waals surface area contributed by atoms with Crippen LogP contribution in [0.25, 0.3) is 10.9 Å². The molecular weight excluding hydrogens is 274 g/mol. The maximum atomic E-state index is 9.01. The molecule has 4 nitrogen and oxygen atoms in total. The summed E-state index contributed by atoms with van der Waals surface area (Å²) in [5.41, 5.74) is 2.63. The molecule has 0 saturated carbocycles. The Morgan fingerprint density at radius 3 is 2.86 bits per heavy atom. The van der Waals surface area contributed by atoms with Crippen molar-refractivity contribution in [1.29, 1.82) is 0 Å². The highest BCUT2D eigenvalue weighted by Gasteiger charge is 2.20. The topological polar surface area (TPSA) is 42.5 Å². The minimum atomic E-state index is 0.283. The third kappa shape index (κ3) is 3.69. The minimum Gasteiger partial charge on any atom is -0.395 e. The van der Waals surface area contributed by atoms with Crippen molar-refractivity contribution >= 4 is 10.9 Å². The van der Waals surface area contributed by atoms with Crippen molar-refractivity contribution in [1.82, 2.24) is 14.8 Å². The summed E-state index contributed by atoms with van der Waals surface area (Å²) in [6.45, 7) is 5.54. The maximum Gasteiger partial charge on any atom is 0.0558 e. The second-order valence-electron chi connectivity index (χ2n) is 6.56. The van der Waals surface area contributed by atoms with Gasteiger partial charge in [-0.2, -0.15) is 0 Å². The Kier molecular flexibility index (Phi) is 5.13. The van der Waals surface area contributed by atoms with E-state index < -0.39 is 0 Å². The van der Waals surface area contributed by atoms with Gasteiger partial charge in [-0.25, -0.2) is 0 Å². The molecule has 1 saturated heterocycles. The second-order valence-corrected chi connectivity index (χ2v) is 6.56. The molecular formula is C18H27N3O. The van der Waals surface area contributed by atoms with Crippen LogP contribution in [0, 0.1) is 5.92 Å². The van der Waals surface area contributed by atoms with Crippen LogP contribution in [0.4, 0.5) is 0 Å². The Morgan fingerprint density at radius 1 is 1.27 bits per heavy atom. The summed E-state index contributed by atoms with van der Waals surface area (Å²) < 4.78 is 0. The molecule has 1 fully saturated rings. The Labute approximate surface area is 132 Å². The number of piperidine rings is 1. The van der Waals surface area contributed by atoms with Gasteiger partial charge in [0.2, 0.25) is 0 Å². The molecule has 1 aromatic heterocycles. The summed E-state index contributed by atoms with van der Waals surface area (Å²) in [6.07, 6.45) is 4.52. The van der Waals surface area contributed by atoms with E-state index in [4.69, 9.17) is 5.11 Å². The predicted octanol–water partition coefficient (Wildman–Crippen LogP) is 2.30. The fourth-order valence-electron chi connectivity index (χ4n) is 3.62. The van der Waals surface area contributed by atoms with Crippen molar-refractivity contribution < 1.29 is 5.11 Å².